The van der Waals surface area contributed by atoms with E-state index in [0.29, 0.717) is 5.56 Å². The van der Waals surface area contributed by atoms with Crippen LogP contribution in [0.2, 0.25) is 0 Å². The van der Waals surface area contributed by atoms with E-state index in [-0.39, 0.29) is 12.3 Å². The van der Waals surface area contributed by atoms with Crippen LogP contribution in [0.1, 0.15) is 5.56 Å². The summed E-state index contributed by atoms with van der Waals surface area (Å²) in [5, 5.41) is 2.51. The standard InChI is InChI=1S/C14H10F3N3O2/c15-14(16,17)22-12-5-1-3-11(9-12)4-2-6-19-13(21)20-8-7-18-10-20/h1,3,5,7-10H,6H2,(H,19,21). The van der Waals surface area contributed by atoms with Crippen molar-refractivity contribution in [3.63, 3.8) is 0 Å². The van der Waals surface area contributed by atoms with Crippen LogP contribution in [0, 0.1) is 11.8 Å². The van der Waals surface area contributed by atoms with Gasteiger partial charge in [0.1, 0.15) is 12.1 Å². The number of hydrogen-bond donors (Lipinski definition) is 1. The minimum Gasteiger partial charge on any atom is -0.406 e. The maximum atomic E-state index is 12.1. The molecule has 0 aliphatic heterocycles. The Kier molecular flexibility index (Phi) is 4.68. The molecule has 0 saturated heterocycles. The molecule has 114 valence electrons. The number of halogens is 3. The van der Waals surface area contributed by atoms with E-state index in [1.807, 2.05) is 0 Å². The average molecular weight is 309 g/mol. The van der Waals surface area contributed by atoms with Crippen molar-refractivity contribution >= 4 is 6.03 Å². The molecule has 0 saturated carbocycles. The molecule has 1 heterocycles. The van der Waals surface area contributed by atoms with Crippen LogP contribution in [0.25, 0.3) is 0 Å². The monoisotopic (exact) mass is 309 g/mol. The molecule has 1 aromatic heterocycles. The van der Waals surface area contributed by atoms with Crippen molar-refractivity contribution in [3.8, 4) is 17.6 Å². The molecule has 0 unspecified atom stereocenters. The van der Waals surface area contributed by atoms with E-state index >= 15 is 0 Å². The molecule has 5 nitrogen and oxygen atoms in total. The molecular formula is C14H10F3N3O2. The fourth-order valence-electron chi connectivity index (χ4n) is 1.51. The molecule has 0 radical (unpaired) electrons. The van der Waals surface area contributed by atoms with Crippen LogP contribution in [-0.4, -0.2) is 28.5 Å². The first-order chi connectivity index (χ1) is 10.4. The Bertz CT molecular complexity index is 700. The van der Waals surface area contributed by atoms with Crippen molar-refractivity contribution in [2.24, 2.45) is 0 Å². The largest absolute Gasteiger partial charge is 0.573 e. The van der Waals surface area contributed by atoms with Gasteiger partial charge >= 0.3 is 12.4 Å². The van der Waals surface area contributed by atoms with Crippen LogP contribution in [0.5, 0.6) is 5.75 Å². The molecule has 0 fully saturated rings. The SMILES string of the molecule is O=C(NCC#Cc1cccc(OC(F)(F)F)c1)n1ccnc1. The van der Waals surface area contributed by atoms with Gasteiger partial charge in [0.2, 0.25) is 0 Å². The van der Waals surface area contributed by atoms with Gasteiger partial charge in [0.25, 0.3) is 0 Å². The number of carbonyl (C=O) groups is 1. The molecule has 2 aromatic rings. The van der Waals surface area contributed by atoms with Crippen molar-refractivity contribution < 1.29 is 22.7 Å². The first-order valence-corrected chi connectivity index (χ1v) is 6.05. The minimum atomic E-state index is -4.75. The van der Waals surface area contributed by atoms with Gasteiger partial charge in [-0.3, -0.25) is 4.57 Å². The summed E-state index contributed by atoms with van der Waals surface area (Å²) in [6, 6.07) is 4.88. The molecule has 1 amide bonds. The number of carbonyl (C=O) groups excluding carboxylic acids is 1. The zero-order valence-electron chi connectivity index (χ0n) is 11.1. The molecule has 1 aromatic carbocycles. The number of amides is 1. The predicted octanol–water partition coefficient (Wildman–Crippen LogP) is 2.39. The topological polar surface area (TPSA) is 56.1 Å². The zero-order chi connectivity index (χ0) is 16.0. The Labute approximate surface area is 123 Å². The number of benzene rings is 1. The molecule has 0 aliphatic carbocycles. The van der Waals surface area contributed by atoms with Gasteiger partial charge in [-0.25, -0.2) is 9.78 Å². The lowest BCUT2D eigenvalue weighted by atomic mass is 10.2. The summed E-state index contributed by atoms with van der Waals surface area (Å²) in [5.74, 6) is 4.92. The molecule has 2 rings (SSSR count). The Morgan fingerprint density at radius 3 is 2.91 bits per heavy atom. The zero-order valence-corrected chi connectivity index (χ0v) is 11.1. The Morgan fingerprint density at radius 1 is 1.41 bits per heavy atom. The van der Waals surface area contributed by atoms with Gasteiger partial charge in [-0.2, -0.15) is 0 Å². The fraction of sp³-hybridized carbons (Fsp3) is 0.143. The lowest BCUT2D eigenvalue weighted by Crippen LogP contribution is -2.27. The van der Waals surface area contributed by atoms with Gasteiger partial charge in [0, 0.05) is 18.0 Å². The van der Waals surface area contributed by atoms with Crippen LogP contribution in [0.4, 0.5) is 18.0 Å². The maximum absolute atomic E-state index is 12.1. The highest BCUT2D eigenvalue weighted by molar-refractivity contribution is 5.76. The lowest BCUT2D eigenvalue weighted by Gasteiger charge is -2.08. The van der Waals surface area contributed by atoms with E-state index in [0.717, 1.165) is 6.07 Å². The summed E-state index contributed by atoms with van der Waals surface area (Å²) < 4.78 is 41.3. The van der Waals surface area contributed by atoms with Crippen molar-refractivity contribution in [2.75, 3.05) is 6.54 Å². The van der Waals surface area contributed by atoms with E-state index in [9.17, 15) is 18.0 Å². The molecule has 0 spiro atoms. The first-order valence-electron chi connectivity index (χ1n) is 6.05. The van der Waals surface area contributed by atoms with Crippen molar-refractivity contribution in [1.29, 1.82) is 0 Å². The molecule has 1 N–H and O–H groups in total. The van der Waals surface area contributed by atoms with Crippen LogP contribution >= 0.6 is 0 Å². The number of ether oxygens (including phenoxy) is 1. The number of aromatic nitrogens is 2. The summed E-state index contributed by atoms with van der Waals surface area (Å²) >= 11 is 0. The van der Waals surface area contributed by atoms with Gasteiger partial charge in [-0.15, -0.1) is 13.2 Å². The summed E-state index contributed by atoms with van der Waals surface area (Å²) in [6.45, 7) is 0.0430. The number of nitrogens with one attached hydrogen (secondary N) is 1. The summed E-state index contributed by atoms with van der Waals surface area (Å²) in [5.41, 5.74) is 0.346. The van der Waals surface area contributed by atoms with Crippen LogP contribution in [0.15, 0.2) is 43.0 Å². The molecule has 0 atom stereocenters. The second-order valence-electron chi connectivity index (χ2n) is 4.01. The summed E-state index contributed by atoms with van der Waals surface area (Å²) in [7, 11) is 0. The average Bonchev–Trinajstić information content (AvgIpc) is 2.96. The highest BCUT2D eigenvalue weighted by Crippen LogP contribution is 2.22. The number of nitrogens with zero attached hydrogens (tertiary/aromatic N) is 2. The Morgan fingerprint density at radius 2 is 2.23 bits per heavy atom. The van der Waals surface area contributed by atoms with Crippen LogP contribution in [0.3, 0.4) is 0 Å². The normalized spacial score (nSPS) is 10.5. The van der Waals surface area contributed by atoms with E-state index in [4.69, 9.17) is 0 Å². The number of imidazole rings is 1. The number of alkyl halides is 3. The molecule has 0 aliphatic rings. The van der Waals surface area contributed by atoms with Crippen LogP contribution < -0.4 is 10.1 Å². The second-order valence-corrected chi connectivity index (χ2v) is 4.01. The van der Waals surface area contributed by atoms with Gasteiger partial charge in [-0.05, 0) is 18.2 Å². The van der Waals surface area contributed by atoms with Crippen molar-refractivity contribution in [3.05, 3.63) is 48.5 Å². The highest BCUT2D eigenvalue weighted by atomic mass is 19.4. The first kappa shape index (κ1) is 15.4. The Hall–Kier alpha value is -2.95. The number of rotatable bonds is 2. The number of hydrogen-bond acceptors (Lipinski definition) is 3. The molecular weight excluding hydrogens is 299 g/mol. The quantitative estimate of drug-likeness (QED) is 0.867. The third kappa shape index (κ3) is 4.86. The molecule has 0 bridgehead atoms. The van der Waals surface area contributed by atoms with Gasteiger partial charge in [0.15, 0.2) is 0 Å². The third-order valence-corrected chi connectivity index (χ3v) is 2.37. The Balaban J connectivity index is 1.91. The fourth-order valence-corrected chi connectivity index (χ4v) is 1.51. The summed E-state index contributed by atoms with van der Waals surface area (Å²) in [6.07, 6.45) is -0.482. The summed E-state index contributed by atoms with van der Waals surface area (Å²) in [4.78, 5) is 15.2. The van der Waals surface area contributed by atoms with E-state index < -0.39 is 12.4 Å². The highest BCUT2D eigenvalue weighted by Gasteiger charge is 2.31. The molecule has 8 heteroatoms. The van der Waals surface area contributed by atoms with E-state index in [2.05, 4.69) is 26.9 Å². The smallest absolute Gasteiger partial charge is 0.406 e. The van der Waals surface area contributed by atoms with E-state index in [1.165, 1.54) is 41.5 Å². The molecule has 22 heavy (non-hydrogen) atoms. The van der Waals surface area contributed by atoms with Gasteiger partial charge in [0.05, 0.1) is 6.54 Å². The van der Waals surface area contributed by atoms with Gasteiger partial charge in [-0.1, -0.05) is 17.9 Å². The predicted molar refractivity (Wildman–Crippen MR) is 71.0 cm³/mol. The van der Waals surface area contributed by atoms with Crippen molar-refractivity contribution in [1.82, 2.24) is 14.9 Å². The van der Waals surface area contributed by atoms with Crippen LogP contribution in [-0.2, 0) is 0 Å². The van der Waals surface area contributed by atoms with Crippen molar-refractivity contribution in [2.45, 2.75) is 6.36 Å². The van der Waals surface area contributed by atoms with Gasteiger partial charge < -0.3 is 10.1 Å². The third-order valence-electron chi connectivity index (χ3n) is 2.37. The lowest BCUT2D eigenvalue weighted by molar-refractivity contribution is -0.274. The maximum Gasteiger partial charge on any atom is 0.573 e. The minimum absolute atomic E-state index is 0.0430. The second kappa shape index (κ2) is 6.67. The van der Waals surface area contributed by atoms with E-state index in [1.54, 1.807) is 0 Å².